The van der Waals surface area contributed by atoms with Crippen molar-refractivity contribution < 1.29 is 27.4 Å². The molecule has 1 amide bonds. The van der Waals surface area contributed by atoms with Crippen molar-refractivity contribution in [2.45, 2.75) is 18.8 Å². The Balaban J connectivity index is 2.21. The normalized spacial score (nSPS) is 11.8. The highest BCUT2D eigenvalue weighted by molar-refractivity contribution is 6.34. The van der Waals surface area contributed by atoms with Gasteiger partial charge in [0.25, 0.3) is 17.9 Å². The van der Waals surface area contributed by atoms with Gasteiger partial charge in [0.1, 0.15) is 23.9 Å². The molecule has 2 aromatic heterocycles. The Hall–Kier alpha value is -3.36. The summed E-state index contributed by atoms with van der Waals surface area (Å²) in [5.74, 6) is -1.85. The highest BCUT2D eigenvalue weighted by atomic mass is 35.5. The maximum absolute atomic E-state index is 14.3. The van der Waals surface area contributed by atoms with Crippen LogP contribution in [0, 0.1) is 23.1 Å². The molecule has 0 fully saturated rings. The van der Waals surface area contributed by atoms with Crippen LogP contribution in [0.25, 0.3) is 0 Å². The quantitative estimate of drug-likeness (QED) is 0.325. The van der Waals surface area contributed by atoms with Crippen molar-refractivity contribution in [2.75, 3.05) is 25.6 Å². The molecule has 1 atom stereocenters. The molecule has 0 bridgehead atoms. The van der Waals surface area contributed by atoms with Gasteiger partial charge in [-0.1, -0.05) is 30.4 Å². The summed E-state index contributed by atoms with van der Waals surface area (Å²) >= 11 is 6.09. The summed E-state index contributed by atoms with van der Waals surface area (Å²) in [7, 11) is 1.49. The third kappa shape index (κ3) is 6.57. The van der Waals surface area contributed by atoms with Gasteiger partial charge in [0, 0.05) is 18.9 Å². The smallest absolute Gasteiger partial charge is 0.289 e. The maximum atomic E-state index is 14.3. The number of pyridine rings is 2. The number of nitrogens with zero attached hydrogens (tertiary/aromatic N) is 2. The minimum Gasteiger partial charge on any atom is -0.459 e. The van der Waals surface area contributed by atoms with E-state index in [2.05, 4.69) is 31.9 Å². The lowest BCUT2D eigenvalue weighted by Crippen LogP contribution is -2.34. The highest BCUT2D eigenvalue weighted by Gasteiger charge is 2.41. The first-order chi connectivity index (χ1) is 15.0. The number of carbonyl (C=O) groups is 1. The molecule has 0 radical (unpaired) electrons. The molecule has 2 aromatic rings. The Bertz CT molecular complexity index is 1070. The Labute approximate surface area is 186 Å². The summed E-state index contributed by atoms with van der Waals surface area (Å²) < 4.78 is 51.9. The van der Waals surface area contributed by atoms with Crippen molar-refractivity contribution in [1.82, 2.24) is 9.97 Å². The largest absolute Gasteiger partial charge is 0.459 e. The Morgan fingerprint density at radius 1 is 1.44 bits per heavy atom. The summed E-state index contributed by atoms with van der Waals surface area (Å²) in [6, 6.07) is 2.52. The van der Waals surface area contributed by atoms with Crippen LogP contribution < -0.4 is 11.1 Å². The fourth-order valence-corrected chi connectivity index (χ4v) is 2.64. The minimum absolute atomic E-state index is 0.00432. The summed E-state index contributed by atoms with van der Waals surface area (Å²) in [5, 5.41) is 9.22. The van der Waals surface area contributed by atoms with E-state index in [0.717, 1.165) is 19.1 Å². The molecule has 0 aliphatic rings. The third-order valence-corrected chi connectivity index (χ3v) is 4.37. The van der Waals surface area contributed by atoms with E-state index in [0.29, 0.717) is 5.56 Å². The van der Waals surface area contributed by atoms with E-state index >= 15 is 0 Å². The summed E-state index contributed by atoms with van der Waals surface area (Å²) in [5.41, 5.74) is 4.60. The maximum Gasteiger partial charge on any atom is 0.289 e. The lowest BCUT2D eigenvalue weighted by atomic mass is 9.99. The highest BCUT2D eigenvalue weighted by Crippen LogP contribution is 2.34. The van der Waals surface area contributed by atoms with E-state index < -0.39 is 41.9 Å². The molecule has 2 rings (SSSR count). The molecule has 2 heterocycles. The molecule has 4 N–H and O–H groups in total. The van der Waals surface area contributed by atoms with E-state index in [1.165, 1.54) is 19.4 Å². The van der Waals surface area contributed by atoms with E-state index in [1.54, 1.807) is 0 Å². The molecule has 0 spiro atoms. The molecule has 0 saturated heterocycles. The first kappa shape index (κ1) is 24.9. The van der Waals surface area contributed by atoms with Gasteiger partial charge in [-0.15, -0.1) is 0 Å². The third-order valence-electron chi connectivity index (χ3n) is 4.08. The Morgan fingerprint density at radius 2 is 2.16 bits per heavy atom. The Morgan fingerprint density at radius 3 is 2.78 bits per heavy atom. The second kappa shape index (κ2) is 10.8. The van der Waals surface area contributed by atoms with Crippen LogP contribution in [0.15, 0.2) is 24.4 Å². The fraction of sp³-hybridized carbons (Fsp3) is 0.300. The number of methoxy groups -OCH3 is 1. The number of alkyl halides is 2. The average molecular weight is 470 g/mol. The number of hydrogen-bond donors (Lipinski definition) is 3. The number of nitrogens with two attached hydrogens (primary N) is 1. The predicted octanol–water partition coefficient (Wildman–Crippen LogP) is 3.17. The van der Waals surface area contributed by atoms with Crippen molar-refractivity contribution in [2.24, 2.45) is 5.73 Å². The molecular formula is C20H19ClF3N5O3. The summed E-state index contributed by atoms with van der Waals surface area (Å²) in [6.45, 7) is -0.000590. The van der Waals surface area contributed by atoms with Gasteiger partial charge in [0.15, 0.2) is 6.61 Å². The van der Waals surface area contributed by atoms with Crippen molar-refractivity contribution >= 4 is 29.3 Å². The number of halogens is 4. The van der Waals surface area contributed by atoms with Crippen molar-refractivity contribution in [3.63, 3.8) is 0 Å². The first-order valence-corrected chi connectivity index (χ1v) is 9.38. The van der Waals surface area contributed by atoms with Crippen molar-refractivity contribution in [3.05, 3.63) is 52.2 Å². The van der Waals surface area contributed by atoms with Crippen LogP contribution in [0.1, 0.15) is 34.6 Å². The molecule has 0 saturated carbocycles. The van der Waals surface area contributed by atoms with Crippen molar-refractivity contribution in [1.29, 1.82) is 5.41 Å². The molecule has 0 aliphatic carbocycles. The van der Waals surface area contributed by atoms with Crippen LogP contribution in [-0.4, -0.2) is 48.1 Å². The monoisotopic (exact) mass is 469 g/mol. The van der Waals surface area contributed by atoms with Crippen LogP contribution in [0.5, 0.6) is 0 Å². The van der Waals surface area contributed by atoms with Crippen LogP contribution in [0.3, 0.4) is 0 Å². The van der Waals surface area contributed by atoms with Gasteiger partial charge in [0.2, 0.25) is 0 Å². The average Bonchev–Trinajstić information content (AvgIpc) is 2.73. The van der Waals surface area contributed by atoms with Gasteiger partial charge >= 0.3 is 0 Å². The van der Waals surface area contributed by atoms with E-state index in [-0.39, 0.29) is 23.1 Å². The molecule has 0 aliphatic heterocycles. The van der Waals surface area contributed by atoms with Gasteiger partial charge in [-0.3, -0.25) is 10.2 Å². The number of carbonyl (C=O) groups excluding carboxylic acids is 1. The number of amides is 1. The van der Waals surface area contributed by atoms with Crippen LogP contribution in [0.4, 0.5) is 19.0 Å². The number of anilines is 1. The van der Waals surface area contributed by atoms with Crippen LogP contribution in [0.2, 0.25) is 5.02 Å². The molecule has 170 valence electrons. The summed E-state index contributed by atoms with van der Waals surface area (Å²) in [6.07, 6.45) is 1.32. The molecule has 0 unspecified atom stereocenters. The zero-order chi connectivity index (χ0) is 23.9. The fourth-order valence-electron chi connectivity index (χ4n) is 2.39. The molecule has 8 nitrogen and oxygen atoms in total. The summed E-state index contributed by atoms with van der Waals surface area (Å²) in [4.78, 5) is 20.2. The van der Waals surface area contributed by atoms with E-state index in [4.69, 9.17) is 27.5 Å². The van der Waals surface area contributed by atoms with Gasteiger partial charge in [-0.25, -0.2) is 23.1 Å². The van der Waals surface area contributed by atoms with E-state index in [9.17, 15) is 18.0 Å². The number of amidine groups is 1. The topological polar surface area (TPSA) is 123 Å². The van der Waals surface area contributed by atoms with Gasteiger partial charge in [0.05, 0.1) is 16.6 Å². The standard InChI is InChI=1S/C20H19ClF3N5O3/c1-11(20(23,24)10-32-19(25)26)16-14(22)5-6-15(28-16)29-18(30)17-13(21)8-12(9-27-17)4-3-7-31-2/h5-6,8-9,11H,7,10H2,1-2H3,(H3,25,26)(H,28,29,30)/t11-/m0/s1. The lowest BCUT2D eigenvalue weighted by Gasteiger charge is -2.23. The number of rotatable bonds is 7. The second-order valence-corrected chi connectivity index (χ2v) is 6.85. The number of hydrogen-bond acceptors (Lipinski definition) is 6. The van der Waals surface area contributed by atoms with Crippen LogP contribution >= 0.6 is 11.6 Å². The zero-order valence-electron chi connectivity index (χ0n) is 17.0. The molecule has 0 aromatic carbocycles. The van der Waals surface area contributed by atoms with E-state index in [1.807, 2.05) is 0 Å². The van der Waals surface area contributed by atoms with Gasteiger partial charge in [-0.05, 0) is 18.2 Å². The second-order valence-electron chi connectivity index (χ2n) is 6.44. The van der Waals surface area contributed by atoms with Crippen molar-refractivity contribution in [3.8, 4) is 11.8 Å². The SMILES string of the molecule is COCC#Cc1cnc(C(=O)Nc2ccc(F)c([C@H](C)C(F)(F)COC(=N)N)n2)c(Cl)c1. The van der Waals surface area contributed by atoms with Gasteiger partial charge < -0.3 is 20.5 Å². The van der Waals surface area contributed by atoms with Crippen LogP contribution in [-0.2, 0) is 9.47 Å². The lowest BCUT2D eigenvalue weighted by molar-refractivity contribution is -0.0659. The Kier molecular flexibility index (Phi) is 8.40. The zero-order valence-corrected chi connectivity index (χ0v) is 17.8. The molecule has 12 heteroatoms. The number of ether oxygens (including phenoxy) is 2. The predicted molar refractivity (Wildman–Crippen MR) is 111 cm³/mol. The number of aromatic nitrogens is 2. The molecule has 32 heavy (non-hydrogen) atoms. The molecular weight excluding hydrogens is 451 g/mol. The van der Waals surface area contributed by atoms with Gasteiger partial charge in [-0.2, -0.15) is 0 Å². The minimum atomic E-state index is -3.59. The first-order valence-electron chi connectivity index (χ1n) is 9.01. The number of nitrogens with one attached hydrogen (secondary N) is 2.